The number of carbonyl (C=O) groups excluding carboxylic acids is 2. The molecule has 1 aromatic carbocycles. The van der Waals surface area contributed by atoms with Crippen LogP contribution in [0.15, 0.2) is 36.7 Å². The second-order valence-electron chi connectivity index (χ2n) is 12.5. The summed E-state index contributed by atoms with van der Waals surface area (Å²) in [6.45, 7) is 1.12. The molecule has 2 N–H and O–H groups in total. The van der Waals surface area contributed by atoms with Gasteiger partial charge in [0.25, 0.3) is 0 Å². The summed E-state index contributed by atoms with van der Waals surface area (Å²) in [5.74, 6) is -2.24. The zero-order valence-corrected chi connectivity index (χ0v) is 27.0. The van der Waals surface area contributed by atoms with E-state index in [0.717, 1.165) is 44.7 Å². The summed E-state index contributed by atoms with van der Waals surface area (Å²) in [4.78, 5) is 30.7. The van der Waals surface area contributed by atoms with Gasteiger partial charge < -0.3 is 15.4 Å². The van der Waals surface area contributed by atoms with Gasteiger partial charge in [-0.05, 0) is 73.3 Å². The number of ketones is 1. The number of halogens is 3. The maximum Gasteiger partial charge on any atom is 0.407 e. The summed E-state index contributed by atoms with van der Waals surface area (Å²) < 4.78 is 61.6. The number of fused-ring (bicyclic) bond motifs is 2. The SMILES string of the molecule is COC(=O)N[C@H](C(=O)C[C@H]1CCCC[C@@H]1CC[C@H]1CN[C@@H]2CCCS(=O)(=O)N1C2)[C@H](c1cncc(F)c1)c1ccc(Cl)c(F)c1. The van der Waals surface area contributed by atoms with Crippen LogP contribution in [0.25, 0.3) is 0 Å². The lowest BCUT2D eigenvalue weighted by molar-refractivity contribution is -0.123. The first kappa shape index (κ1) is 33.7. The van der Waals surface area contributed by atoms with Gasteiger partial charge in [-0.15, -0.1) is 0 Å². The minimum absolute atomic E-state index is 0.00599. The van der Waals surface area contributed by atoms with Crippen LogP contribution in [0.2, 0.25) is 5.02 Å². The number of methoxy groups -OCH3 is 1. The number of pyridine rings is 1. The van der Waals surface area contributed by atoms with Crippen LogP contribution in [-0.4, -0.2) is 73.7 Å². The molecule has 1 unspecified atom stereocenters. The van der Waals surface area contributed by atoms with Crippen LogP contribution in [0, 0.1) is 23.5 Å². The van der Waals surface area contributed by atoms with Crippen molar-refractivity contribution in [1.82, 2.24) is 19.9 Å². The van der Waals surface area contributed by atoms with Crippen molar-refractivity contribution in [2.45, 2.75) is 81.8 Å². The van der Waals surface area contributed by atoms with Gasteiger partial charge in [0.05, 0.1) is 24.1 Å². The van der Waals surface area contributed by atoms with Crippen molar-refractivity contribution >= 4 is 33.5 Å². The molecular formula is C32H41ClF2N4O5S. The quantitative estimate of drug-likeness (QED) is 0.359. The number of aromatic nitrogens is 1. The summed E-state index contributed by atoms with van der Waals surface area (Å²) in [7, 11) is -2.12. The lowest BCUT2D eigenvalue weighted by Crippen LogP contribution is -2.57. The Labute approximate surface area is 268 Å². The molecule has 2 saturated heterocycles. The predicted molar refractivity (Wildman–Crippen MR) is 166 cm³/mol. The summed E-state index contributed by atoms with van der Waals surface area (Å²) >= 11 is 5.94. The fraction of sp³-hybridized carbons (Fsp3) is 0.594. The maximum absolute atomic E-state index is 14.7. The van der Waals surface area contributed by atoms with Crippen LogP contribution >= 0.6 is 11.6 Å². The van der Waals surface area contributed by atoms with E-state index in [1.165, 1.54) is 31.5 Å². The molecule has 7 atom stereocenters. The molecule has 2 aliphatic heterocycles. The molecule has 3 fully saturated rings. The number of ether oxygens (including phenoxy) is 1. The lowest BCUT2D eigenvalue weighted by atomic mass is 9.72. The summed E-state index contributed by atoms with van der Waals surface area (Å²) in [6, 6.07) is 4.16. The van der Waals surface area contributed by atoms with Gasteiger partial charge >= 0.3 is 6.09 Å². The molecule has 9 nitrogen and oxygen atoms in total. The van der Waals surface area contributed by atoms with Gasteiger partial charge in [0.1, 0.15) is 17.7 Å². The highest BCUT2D eigenvalue weighted by molar-refractivity contribution is 7.89. The Bertz CT molecular complexity index is 1480. The first-order valence-electron chi connectivity index (χ1n) is 15.7. The van der Waals surface area contributed by atoms with E-state index in [9.17, 15) is 26.8 Å². The number of amides is 1. The number of hydrogen-bond donors (Lipinski definition) is 2. The van der Waals surface area contributed by atoms with E-state index in [2.05, 4.69) is 15.6 Å². The molecule has 1 aliphatic carbocycles. The van der Waals surface area contributed by atoms with E-state index in [-0.39, 0.29) is 52.5 Å². The number of Topliss-reactive ketones (excluding diaryl/α,β-unsaturated/α-hetero) is 1. The Kier molecular flexibility index (Phi) is 11.1. The first-order chi connectivity index (χ1) is 21.6. The molecule has 246 valence electrons. The number of alkyl carbamates (subject to hydrolysis) is 1. The summed E-state index contributed by atoms with van der Waals surface area (Å²) in [5, 5.41) is 6.06. The fourth-order valence-electron chi connectivity index (χ4n) is 7.39. The van der Waals surface area contributed by atoms with Crippen molar-refractivity contribution in [2.24, 2.45) is 11.8 Å². The predicted octanol–water partition coefficient (Wildman–Crippen LogP) is 5.18. The molecule has 0 radical (unpaired) electrons. The van der Waals surface area contributed by atoms with E-state index >= 15 is 0 Å². The van der Waals surface area contributed by atoms with Gasteiger partial charge in [0, 0.05) is 43.7 Å². The molecule has 3 heterocycles. The monoisotopic (exact) mass is 666 g/mol. The molecule has 5 rings (SSSR count). The average Bonchev–Trinajstić information content (AvgIpc) is 3.13. The number of sulfonamides is 1. The molecule has 2 bridgehead atoms. The minimum Gasteiger partial charge on any atom is -0.453 e. The Balaban J connectivity index is 1.37. The first-order valence-corrected chi connectivity index (χ1v) is 17.7. The van der Waals surface area contributed by atoms with Crippen LogP contribution in [0.3, 0.4) is 0 Å². The normalized spacial score (nSPS) is 27.5. The third-order valence-electron chi connectivity index (χ3n) is 9.69. The van der Waals surface area contributed by atoms with Gasteiger partial charge in [-0.1, -0.05) is 36.9 Å². The summed E-state index contributed by atoms with van der Waals surface area (Å²) in [6.07, 6.45) is 8.40. The molecule has 3 aliphatic rings. The van der Waals surface area contributed by atoms with Gasteiger partial charge in [-0.2, -0.15) is 4.31 Å². The second kappa shape index (κ2) is 14.8. The van der Waals surface area contributed by atoms with Gasteiger partial charge in [-0.3, -0.25) is 9.78 Å². The zero-order valence-electron chi connectivity index (χ0n) is 25.4. The van der Waals surface area contributed by atoms with Crippen LogP contribution in [0.5, 0.6) is 0 Å². The van der Waals surface area contributed by atoms with Crippen molar-refractivity contribution in [3.63, 3.8) is 0 Å². The molecule has 1 aromatic heterocycles. The van der Waals surface area contributed by atoms with Crippen molar-refractivity contribution < 1.29 is 31.5 Å². The van der Waals surface area contributed by atoms with Crippen LogP contribution in [0.4, 0.5) is 13.6 Å². The Morgan fingerprint density at radius 3 is 2.60 bits per heavy atom. The number of nitrogens with one attached hydrogen (secondary N) is 2. The smallest absolute Gasteiger partial charge is 0.407 e. The zero-order chi connectivity index (χ0) is 32.1. The van der Waals surface area contributed by atoms with E-state index < -0.39 is 39.7 Å². The van der Waals surface area contributed by atoms with Gasteiger partial charge in [0.2, 0.25) is 10.0 Å². The number of piperazine rings is 1. The molecule has 0 spiro atoms. The minimum atomic E-state index is -3.30. The van der Waals surface area contributed by atoms with Crippen molar-refractivity contribution in [3.05, 3.63) is 64.4 Å². The highest BCUT2D eigenvalue weighted by Gasteiger charge is 2.40. The molecule has 45 heavy (non-hydrogen) atoms. The Hall–Kier alpha value is -2.67. The highest BCUT2D eigenvalue weighted by Crippen LogP contribution is 2.39. The van der Waals surface area contributed by atoms with E-state index in [1.54, 1.807) is 10.4 Å². The second-order valence-corrected chi connectivity index (χ2v) is 15.0. The van der Waals surface area contributed by atoms with Crippen molar-refractivity contribution in [3.8, 4) is 0 Å². The number of rotatable bonds is 10. The van der Waals surface area contributed by atoms with Crippen molar-refractivity contribution in [2.75, 3.05) is 26.0 Å². The third-order valence-corrected chi connectivity index (χ3v) is 12.0. The van der Waals surface area contributed by atoms with Crippen LogP contribution in [0.1, 0.15) is 74.8 Å². The number of benzene rings is 1. The molecular weight excluding hydrogens is 626 g/mol. The third kappa shape index (κ3) is 8.19. The topological polar surface area (TPSA) is 118 Å². The maximum atomic E-state index is 14.7. The largest absolute Gasteiger partial charge is 0.453 e. The van der Waals surface area contributed by atoms with Crippen LogP contribution in [-0.2, 0) is 19.6 Å². The lowest BCUT2D eigenvalue weighted by Gasteiger charge is -2.39. The van der Waals surface area contributed by atoms with Crippen LogP contribution < -0.4 is 10.6 Å². The molecule has 1 saturated carbocycles. The fourth-order valence-corrected chi connectivity index (χ4v) is 9.31. The molecule has 13 heteroatoms. The Morgan fingerprint density at radius 1 is 1.09 bits per heavy atom. The molecule has 2 aromatic rings. The standard InChI is InChI=1S/C32H41ClF2N4O5S/c1-44-32(41)38-31(30(23-13-24(34)17-36-16-23)22-9-11-27(33)28(35)14-22)29(40)15-21-6-3-2-5-20(21)8-10-26-18-37-25-7-4-12-45(42,43)39(26)19-25/h9,11,13-14,16-17,20-21,25-26,30-31,37H,2-8,10,12,15,18-19H2,1H3,(H,38,41)/t20-,21-,25-,26+,30+,31-/m1/s1. The van der Waals surface area contributed by atoms with E-state index in [1.807, 2.05) is 0 Å². The average molecular weight is 667 g/mol. The molecule has 1 amide bonds. The summed E-state index contributed by atoms with van der Waals surface area (Å²) in [5.41, 5.74) is 0.606. The number of carbonyl (C=O) groups is 2. The van der Waals surface area contributed by atoms with Gasteiger partial charge in [0.15, 0.2) is 5.78 Å². The van der Waals surface area contributed by atoms with Gasteiger partial charge in [-0.25, -0.2) is 22.0 Å². The van der Waals surface area contributed by atoms with E-state index in [4.69, 9.17) is 16.3 Å². The number of hydrogen-bond acceptors (Lipinski definition) is 7. The van der Waals surface area contributed by atoms with Crippen molar-refractivity contribution in [1.29, 1.82) is 0 Å². The Morgan fingerprint density at radius 2 is 1.87 bits per heavy atom. The number of nitrogens with zero attached hydrogens (tertiary/aromatic N) is 2. The highest BCUT2D eigenvalue weighted by atomic mass is 35.5. The van der Waals surface area contributed by atoms with E-state index in [0.29, 0.717) is 31.5 Å².